The van der Waals surface area contributed by atoms with E-state index in [0.29, 0.717) is 28.9 Å². The molecule has 0 heterocycles. The lowest BCUT2D eigenvalue weighted by Crippen LogP contribution is -2.33. The van der Waals surface area contributed by atoms with Crippen LogP contribution in [0.1, 0.15) is 36.3 Å². The average Bonchev–Trinajstić information content (AvgIpc) is 3.66. The van der Waals surface area contributed by atoms with E-state index >= 15 is 0 Å². The number of nitrogens with zero attached hydrogens (tertiary/aromatic N) is 1. The number of urea groups is 1. The van der Waals surface area contributed by atoms with E-state index in [1.807, 2.05) is 24.3 Å². The summed E-state index contributed by atoms with van der Waals surface area (Å²) in [6.45, 7) is 1.45. The van der Waals surface area contributed by atoms with Gasteiger partial charge in [0, 0.05) is 29.2 Å². The maximum absolute atomic E-state index is 12.4. The fraction of sp³-hybridized carbons (Fsp3) is 0.259. The van der Waals surface area contributed by atoms with Crippen LogP contribution in [0.3, 0.4) is 0 Å². The summed E-state index contributed by atoms with van der Waals surface area (Å²) in [5, 5.41) is 19.2. The number of anilines is 1. The Balaban J connectivity index is 1.41. The number of halogens is 1. The van der Waals surface area contributed by atoms with Crippen molar-refractivity contribution < 1.29 is 4.79 Å². The highest BCUT2D eigenvalue weighted by Crippen LogP contribution is 2.26. The number of nitriles is 1. The monoisotopic (exact) mass is 458 g/mol. The van der Waals surface area contributed by atoms with E-state index in [9.17, 15) is 4.79 Å². The van der Waals surface area contributed by atoms with Crippen molar-refractivity contribution >= 4 is 23.3 Å². The molecular weight excluding hydrogens is 432 g/mol. The summed E-state index contributed by atoms with van der Waals surface area (Å²) in [6.07, 6.45) is 3.43. The maximum atomic E-state index is 12.4. The molecule has 1 saturated carbocycles. The van der Waals surface area contributed by atoms with Crippen LogP contribution in [-0.2, 0) is 0 Å². The summed E-state index contributed by atoms with van der Waals surface area (Å²) in [5.41, 5.74) is 4.58. The van der Waals surface area contributed by atoms with Gasteiger partial charge in [0.2, 0.25) is 0 Å². The number of hydrogen-bond acceptors (Lipinski definition) is 3. The molecule has 1 atom stereocenters. The highest BCUT2D eigenvalue weighted by molar-refractivity contribution is 6.30. The molecule has 2 amide bonds. The molecule has 3 aromatic rings. The summed E-state index contributed by atoms with van der Waals surface area (Å²) in [5.74, 6) is 0.181. The first-order valence-electron chi connectivity index (χ1n) is 11.2. The molecule has 0 spiro atoms. The fourth-order valence-corrected chi connectivity index (χ4v) is 4.00. The molecule has 1 aliphatic rings. The summed E-state index contributed by atoms with van der Waals surface area (Å²) < 4.78 is 0. The van der Waals surface area contributed by atoms with Gasteiger partial charge in [-0.3, -0.25) is 0 Å². The number of carbonyl (C=O) groups excluding carboxylic acids is 1. The van der Waals surface area contributed by atoms with Crippen molar-refractivity contribution in [2.75, 3.05) is 18.4 Å². The molecule has 6 heteroatoms. The number of amides is 2. The second-order valence-electron chi connectivity index (χ2n) is 8.37. The Hall–Kier alpha value is -3.33. The lowest BCUT2D eigenvalue weighted by molar-refractivity contribution is 0.251. The zero-order valence-electron chi connectivity index (χ0n) is 18.4. The Morgan fingerprint density at radius 2 is 1.82 bits per heavy atom. The third-order valence-corrected chi connectivity index (χ3v) is 6.04. The Kier molecular flexibility index (Phi) is 7.62. The largest absolute Gasteiger partial charge is 0.337 e. The first-order chi connectivity index (χ1) is 16.1. The maximum Gasteiger partial charge on any atom is 0.319 e. The van der Waals surface area contributed by atoms with Gasteiger partial charge in [-0.15, -0.1) is 0 Å². The van der Waals surface area contributed by atoms with Gasteiger partial charge in [-0.05, 0) is 72.8 Å². The van der Waals surface area contributed by atoms with E-state index in [0.717, 1.165) is 24.1 Å². The molecule has 168 valence electrons. The van der Waals surface area contributed by atoms with E-state index < -0.39 is 0 Å². The van der Waals surface area contributed by atoms with Crippen molar-refractivity contribution in [3.63, 3.8) is 0 Å². The van der Waals surface area contributed by atoms with E-state index in [1.165, 1.54) is 18.4 Å². The van der Waals surface area contributed by atoms with Gasteiger partial charge in [0.15, 0.2) is 0 Å². The standard InChI is InChI=1S/C27H27ClN4O/c28-24-5-2-6-26(16-24)32-27(33)31-18-23(13-14-30-25-11-12-25)21-9-7-20(8-10-21)22-4-1-3-19(15-22)17-29/h1-10,15-16,23,25,30H,11-14,18H2,(H2,31,32,33). The second-order valence-corrected chi connectivity index (χ2v) is 8.81. The molecule has 1 fully saturated rings. The molecule has 3 N–H and O–H groups in total. The molecule has 0 aliphatic heterocycles. The summed E-state index contributed by atoms with van der Waals surface area (Å²) in [4.78, 5) is 12.4. The average molecular weight is 459 g/mol. The Morgan fingerprint density at radius 3 is 2.55 bits per heavy atom. The lowest BCUT2D eigenvalue weighted by atomic mass is 9.93. The predicted molar refractivity (Wildman–Crippen MR) is 133 cm³/mol. The van der Waals surface area contributed by atoms with Crippen LogP contribution in [0.4, 0.5) is 10.5 Å². The van der Waals surface area contributed by atoms with Gasteiger partial charge in [-0.2, -0.15) is 5.26 Å². The minimum Gasteiger partial charge on any atom is -0.337 e. The molecule has 0 bridgehead atoms. The van der Waals surface area contributed by atoms with Crippen LogP contribution in [0.15, 0.2) is 72.8 Å². The Labute approximate surface area is 199 Å². The first kappa shape index (κ1) is 22.8. The van der Waals surface area contributed by atoms with Crippen LogP contribution in [-0.4, -0.2) is 25.2 Å². The molecule has 3 aromatic carbocycles. The fourth-order valence-electron chi connectivity index (χ4n) is 3.81. The number of carbonyl (C=O) groups is 1. The zero-order valence-corrected chi connectivity index (χ0v) is 19.1. The van der Waals surface area contributed by atoms with Crippen molar-refractivity contribution in [2.24, 2.45) is 0 Å². The normalized spacial score (nSPS) is 13.7. The first-order valence-corrected chi connectivity index (χ1v) is 11.6. The highest BCUT2D eigenvalue weighted by atomic mass is 35.5. The van der Waals surface area contributed by atoms with E-state index in [1.54, 1.807) is 24.3 Å². The molecule has 0 saturated heterocycles. The molecule has 4 rings (SSSR count). The van der Waals surface area contributed by atoms with Crippen LogP contribution in [0, 0.1) is 11.3 Å². The van der Waals surface area contributed by atoms with Crippen LogP contribution in [0.25, 0.3) is 11.1 Å². The summed E-state index contributed by atoms with van der Waals surface area (Å²) in [7, 11) is 0. The molecule has 1 unspecified atom stereocenters. The van der Waals surface area contributed by atoms with Crippen LogP contribution in [0.5, 0.6) is 0 Å². The second kappa shape index (κ2) is 11.0. The van der Waals surface area contributed by atoms with Gasteiger partial charge in [0.25, 0.3) is 0 Å². The topological polar surface area (TPSA) is 77.0 Å². The third kappa shape index (κ3) is 6.82. The van der Waals surface area contributed by atoms with Gasteiger partial charge in [0.1, 0.15) is 0 Å². The van der Waals surface area contributed by atoms with Crippen LogP contribution >= 0.6 is 11.6 Å². The SMILES string of the molecule is N#Cc1cccc(-c2ccc(C(CCNC3CC3)CNC(=O)Nc3cccc(Cl)c3)cc2)c1. The van der Waals surface area contributed by atoms with Crippen molar-refractivity contribution in [1.82, 2.24) is 10.6 Å². The number of hydrogen-bond donors (Lipinski definition) is 3. The van der Waals surface area contributed by atoms with Crippen LogP contribution < -0.4 is 16.0 Å². The lowest BCUT2D eigenvalue weighted by Gasteiger charge is -2.19. The molecule has 33 heavy (non-hydrogen) atoms. The molecule has 0 radical (unpaired) electrons. The summed E-state index contributed by atoms with van der Waals surface area (Å²) >= 11 is 6.00. The minimum atomic E-state index is -0.248. The summed E-state index contributed by atoms with van der Waals surface area (Å²) in [6, 6.07) is 25.7. The van der Waals surface area contributed by atoms with Gasteiger partial charge in [-0.1, -0.05) is 54.1 Å². The van der Waals surface area contributed by atoms with Gasteiger partial charge < -0.3 is 16.0 Å². The highest BCUT2D eigenvalue weighted by Gasteiger charge is 2.21. The van der Waals surface area contributed by atoms with Gasteiger partial charge in [0.05, 0.1) is 11.6 Å². The van der Waals surface area contributed by atoms with E-state index in [-0.39, 0.29) is 11.9 Å². The zero-order chi connectivity index (χ0) is 23.0. The van der Waals surface area contributed by atoms with Crippen molar-refractivity contribution in [1.29, 1.82) is 5.26 Å². The molecule has 0 aromatic heterocycles. The number of rotatable bonds is 9. The van der Waals surface area contributed by atoms with E-state index in [4.69, 9.17) is 16.9 Å². The Bertz CT molecular complexity index is 1140. The number of benzene rings is 3. The van der Waals surface area contributed by atoms with Crippen molar-refractivity contribution in [2.45, 2.75) is 31.2 Å². The minimum absolute atomic E-state index is 0.181. The third-order valence-electron chi connectivity index (χ3n) is 5.80. The molecule has 5 nitrogen and oxygen atoms in total. The van der Waals surface area contributed by atoms with Crippen molar-refractivity contribution in [3.8, 4) is 17.2 Å². The van der Waals surface area contributed by atoms with Gasteiger partial charge >= 0.3 is 6.03 Å². The van der Waals surface area contributed by atoms with Gasteiger partial charge in [-0.25, -0.2) is 4.79 Å². The molecular formula is C27H27ClN4O. The quantitative estimate of drug-likeness (QED) is 0.372. The smallest absolute Gasteiger partial charge is 0.319 e. The Morgan fingerprint density at radius 1 is 1.03 bits per heavy atom. The number of nitrogens with one attached hydrogen (secondary N) is 3. The van der Waals surface area contributed by atoms with Crippen LogP contribution in [0.2, 0.25) is 5.02 Å². The predicted octanol–water partition coefficient (Wildman–Crippen LogP) is 5.93. The molecule has 1 aliphatic carbocycles. The van der Waals surface area contributed by atoms with E-state index in [2.05, 4.69) is 46.3 Å². The van der Waals surface area contributed by atoms with Crippen molar-refractivity contribution in [3.05, 3.63) is 88.9 Å².